The lowest BCUT2D eigenvalue weighted by atomic mass is 10.1. The SMILES string of the molecule is COc1cc(/C=C(\C#N)C(=O)Nc2ccccc2Cl)cc(I)c1OCc1ccc(I)cc1. The highest BCUT2D eigenvalue weighted by molar-refractivity contribution is 14.1. The number of hydrogen-bond acceptors (Lipinski definition) is 4. The zero-order valence-corrected chi connectivity index (χ0v) is 21.9. The first-order chi connectivity index (χ1) is 15.4. The first-order valence-corrected chi connectivity index (χ1v) is 11.9. The van der Waals surface area contributed by atoms with E-state index in [0.717, 1.165) is 12.7 Å². The van der Waals surface area contributed by atoms with Crippen molar-refractivity contribution in [2.24, 2.45) is 0 Å². The first-order valence-electron chi connectivity index (χ1n) is 9.33. The van der Waals surface area contributed by atoms with E-state index < -0.39 is 5.91 Å². The van der Waals surface area contributed by atoms with Crippen molar-refractivity contribution in [3.63, 3.8) is 0 Å². The van der Waals surface area contributed by atoms with Crippen LogP contribution >= 0.6 is 56.8 Å². The summed E-state index contributed by atoms with van der Waals surface area (Å²) in [4.78, 5) is 12.6. The van der Waals surface area contributed by atoms with Gasteiger partial charge in [0.05, 0.1) is 21.4 Å². The van der Waals surface area contributed by atoms with Gasteiger partial charge in [-0.15, -0.1) is 0 Å². The van der Waals surface area contributed by atoms with Gasteiger partial charge in [0.15, 0.2) is 11.5 Å². The maximum absolute atomic E-state index is 12.6. The zero-order valence-electron chi connectivity index (χ0n) is 16.9. The molecule has 32 heavy (non-hydrogen) atoms. The van der Waals surface area contributed by atoms with Crippen LogP contribution in [0.1, 0.15) is 11.1 Å². The number of ether oxygens (including phenoxy) is 2. The van der Waals surface area contributed by atoms with Crippen molar-refractivity contribution in [2.45, 2.75) is 6.61 Å². The predicted molar refractivity (Wildman–Crippen MR) is 143 cm³/mol. The van der Waals surface area contributed by atoms with Crippen LogP contribution in [0, 0.1) is 18.5 Å². The fourth-order valence-corrected chi connectivity index (χ4v) is 4.09. The molecule has 0 unspecified atom stereocenters. The number of nitrogens with one attached hydrogen (secondary N) is 1. The highest BCUT2D eigenvalue weighted by Crippen LogP contribution is 2.35. The van der Waals surface area contributed by atoms with E-state index >= 15 is 0 Å². The summed E-state index contributed by atoms with van der Waals surface area (Å²) in [6.07, 6.45) is 1.50. The van der Waals surface area contributed by atoms with Crippen LogP contribution < -0.4 is 14.8 Å². The van der Waals surface area contributed by atoms with Gasteiger partial charge in [-0.3, -0.25) is 4.79 Å². The zero-order chi connectivity index (χ0) is 23.1. The Balaban J connectivity index is 1.82. The number of carbonyl (C=O) groups is 1. The Hall–Kier alpha value is -2.29. The molecule has 3 aromatic carbocycles. The molecule has 8 heteroatoms. The van der Waals surface area contributed by atoms with Crippen molar-refractivity contribution in [2.75, 3.05) is 12.4 Å². The van der Waals surface area contributed by atoms with Gasteiger partial charge in [-0.2, -0.15) is 5.26 Å². The molecule has 0 fully saturated rings. The Kier molecular flexibility index (Phi) is 8.78. The summed E-state index contributed by atoms with van der Waals surface area (Å²) >= 11 is 10.5. The Morgan fingerprint density at radius 2 is 1.88 bits per heavy atom. The van der Waals surface area contributed by atoms with E-state index in [9.17, 15) is 10.1 Å². The molecule has 3 rings (SSSR count). The van der Waals surface area contributed by atoms with Crippen molar-refractivity contribution in [1.82, 2.24) is 0 Å². The minimum Gasteiger partial charge on any atom is -0.493 e. The van der Waals surface area contributed by atoms with Crippen molar-refractivity contribution in [1.29, 1.82) is 5.26 Å². The number of methoxy groups -OCH3 is 1. The van der Waals surface area contributed by atoms with Gasteiger partial charge in [0, 0.05) is 3.57 Å². The quantitative estimate of drug-likeness (QED) is 0.173. The summed E-state index contributed by atoms with van der Waals surface area (Å²) in [5.41, 5.74) is 2.05. The Labute approximate surface area is 218 Å². The smallest absolute Gasteiger partial charge is 0.266 e. The summed E-state index contributed by atoms with van der Waals surface area (Å²) in [6, 6.07) is 20.4. The van der Waals surface area contributed by atoms with Gasteiger partial charge in [0.2, 0.25) is 0 Å². The number of amides is 1. The van der Waals surface area contributed by atoms with E-state index in [4.69, 9.17) is 21.1 Å². The molecule has 0 heterocycles. The van der Waals surface area contributed by atoms with Gasteiger partial charge >= 0.3 is 0 Å². The molecule has 162 valence electrons. The minimum absolute atomic E-state index is 0.0599. The predicted octanol–water partition coefficient (Wildman–Crippen LogP) is 6.68. The van der Waals surface area contributed by atoms with Crippen LogP contribution in [-0.2, 0) is 11.4 Å². The summed E-state index contributed by atoms with van der Waals surface area (Å²) < 4.78 is 13.4. The van der Waals surface area contributed by atoms with Gasteiger partial charge < -0.3 is 14.8 Å². The Bertz CT molecular complexity index is 1200. The lowest BCUT2D eigenvalue weighted by Gasteiger charge is -2.14. The molecule has 0 radical (unpaired) electrons. The molecule has 0 atom stereocenters. The maximum atomic E-state index is 12.6. The normalized spacial score (nSPS) is 10.9. The Morgan fingerprint density at radius 3 is 2.53 bits per heavy atom. The topological polar surface area (TPSA) is 71.3 Å². The van der Waals surface area contributed by atoms with Crippen molar-refractivity contribution in [3.05, 3.63) is 89.5 Å². The van der Waals surface area contributed by atoms with Crippen molar-refractivity contribution < 1.29 is 14.3 Å². The second-order valence-corrected chi connectivity index (χ2v) is 9.37. The fourth-order valence-electron chi connectivity index (χ4n) is 2.77. The number of benzene rings is 3. The number of hydrogen-bond donors (Lipinski definition) is 1. The van der Waals surface area contributed by atoms with Crippen molar-refractivity contribution in [3.8, 4) is 17.6 Å². The van der Waals surface area contributed by atoms with Crippen LogP contribution in [0.25, 0.3) is 6.08 Å². The van der Waals surface area contributed by atoms with Crippen LogP contribution in [0.2, 0.25) is 5.02 Å². The summed E-state index contributed by atoms with van der Waals surface area (Å²) in [5.74, 6) is 0.564. The minimum atomic E-state index is -0.548. The molecule has 0 spiro atoms. The van der Waals surface area contributed by atoms with E-state index in [2.05, 4.69) is 50.5 Å². The summed E-state index contributed by atoms with van der Waals surface area (Å²) in [6.45, 7) is 0.391. The molecule has 1 amide bonds. The fraction of sp³-hybridized carbons (Fsp3) is 0.0833. The first kappa shape index (κ1) is 24.4. The second-order valence-electron chi connectivity index (χ2n) is 6.55. The standard InChI is InChI=1S/C24H17ClI2N2O3/c1-31-22-12-16(10-17(13-28)24(30)29-21-5-3-2-4-19(21)25)11-20(27)23(22)32-14-15-6-8-18(26)9-7-15/h2-12H,14H2,1H3,(H,29,30)/b17-10+. The number of nitriles is 1. The van der Waals surface area contributed by atoms with Crippen LogP contribution in [0.4, 0.5) is 5.69 Å². The average Bonchev–Trinajstić information content (AvgIpc) is 2.79. The lowest BCUT2D eigenvalue weighted by Crippen LogP contribution is -2.13. The van der Waals surface area contributed by atoms with Crippen LogP contribution in [0.15, 0.2) is 66.2 Å². The third kappa shape index (κ3) is 6.37. The monoisotopic (exact) mass is 670 g/mol. The van der Waals surface area contributed by atoms with E-state index in [1.807, 2.05) is 36.4 Å². The molecule has 0 aliphatic heterocycles. The molecule has 0 saturated heterocycles. The van der Waals surface area contributed by atoms with E-state index in [0.29, 0.717) is 34.4 Å². The number of anilines is 1. The van der Waals surface area contributed by atoms with Gasteiger partial charge in [-0.1, -0.05) is 35.9 Å². The number of carbonyl (C=O) groups excluding carboxylic acids is 1. The molecule has 0 saturated carbocycles. The number of nitrogens with zero attached hydrogens (tertiary/aromatic N) is 1. The molecule has 0 bridgehead atoms. The molecule has 5 nitrogen and oxygen atoms in total. The molecule has 1 N–H and O–H groups in total. The molecular weight excluding hydrogens is 654 g/mol. The van der Waals surface area contributed by atoms with Crippen molar-refractivity contribution >= 4 is 74.5 Å². The third-order valence-electron chi connectivity index (χ3n) is 4.35. The number of halogens is 3. The molecule has 3 aromatic rings. The molecule has 0 aliphatic carbocycles. The van der Waals surface area contributed by atoms with Crippen LogP contribution in [0.5, 0.6) is 11.5 Å². The van der Waals surface area contributed by atoms with Crippen LogP contribution in [0.3, 0.4) is 0 Å². The molecule has 0 aliphatic rings. The van der Waals surface area contributed by atoms with Gasteiger partial charge in [-0.05, 0) is 98.8 Å². The van der Waals surface area contributed by atoms with E-state index in [-0.39, 0.29) is 5.57 Å². The van der Waals surface area contributed by atoms with Gasteiger partial charge in [0.1, 0.15) is 18.2 Å². The largest absolute Gasteiger partial charge is 0.493 e. The second kappa shape index (κ2) is 11.5. The lowest BCUT2D eigenvalue weighted by molar-refractivity contribution is -0.112. The van der Waals surface area contributed by atoms with E-state index in [1.165, 1.54) is 6.08 Å². The average molecular weight is 671 g/mol. The van der Waals surface area contributed by atoms with Gasteiger partial charge in [-0.25, -0.2) is 0 Å². The summed E-state index contributed by atoms with van der Waals surface area (Å²) in [5, 5.41) is 12.6. The van der Waals surface area contributed by atoms with E-state index in [1.54, 1.807) is 37.4 Å². The number of rotatable bonds is 7. The molecular formula is C24H17ClI2N2O3. The molecule has 0 aromatic heterocycles. The third-order valence-corrected chi connectivity index (χ3v) is 6.20. The maximum Gasteiger partial charge on any atom is 0.266 e. The van der Waals surface area contributed by atoms with Crippen LogP contribution in [-0.4, -0.2) is 13.0 Å². The van der Waals surface area contributed by atoms with Gasteiger partial charge in [0.25, 0.3) is 5.91 Å². The Morgan fingerprint density at radius 1 is 1.16 bits per heavy atom. The highest BCUT2D eigenvalue weighted by Gasteiger charge is 2.15. The highest BCUT2D eigenvalue weighted by atomic mass is 127. The number of para-hydroxylation sites is 1. The summed E-state index contributed by atoms with van der Waals surface area (Å²) in [7, 11) is 1.55.